The van der Waals surface area contributed by atoms with Crippen molar-refractivity contribution in [3.63, 3.8) is 0 Å². The summed E-state index contributed by atoms with van der Waals surface area (Å²) in [5, 5.41) is 12.0. The zero-order valence-corrected chi connectivity index (χ0v) is 11.7. The fourth-order valence-electron chi connectivity index (χ4n) is 2.30. The van der Waals surface area contributed by atoms with Gasteiger partial charge >= 0.3 is 5.97 Å². The summed E-state index contributed by atoms with van der Waals surface area (Å²) < 4.78 is 0. The van der Waals surface area contributed by atoms with Gasteiger partial charge in [-0.3, -0.25) is 4.79 Å². The van der Waals surface area contributed by atoms with Crippen LogP contribution in [0.2, 0.25) is 0 Å². The first-order valence-corrected chi connectivity index (χ1v) is 6.38. The van der Waals surface area contributed by atoms with Gasteiger partial charge in [-0.2, -0.15) is 0 Å². The Morgan fingerprint density at radius 3 is 2.37 bits per heavy atom. The highest BCUT2D eigenvalue weighted by Gasteiger charge is 2.50. The molecular formula is C15H19NO3. The summed E-state index contributed by atoms with van der Waals surface area (Å²) in [5.41, 5.74) is 2.47. The van der Waals surface area contributed by atoms with Crippen molar-refractivity contribution in [1.82, 2.24) is 0 Å². The number of carboxylic acid groups (broad SMARTS) is 1. The van der Waals surface area contributed by atoms with Crippen molar-refractivity contribution >= 4 is 17.6 Å². The lowest BCUT2D eigenvalue weighted by molar-refractivity contribution is -0.118. The maximum atomic E-state index is 12.0. The molecule has 2 N–H and O–H groups in total. The number of benzene rings is 1. The van der Waals surface area contributed by atoms with E-state index >= 15 is 0 Å². The molecule has 1 aliphatic carbocycles. The van der Waals surface area contributed by atoms with Crippen LogP contribution in [0.5, 0.6) is 0 Å². The monoisotopic (exact) mass is 261 g/mol. The predicted molar refractivity (Wildman–Crippen MR) is 73.4 cm³/mol. The third-order valence-electron chi connectivity index (χ3n) is 4.00. The number of hydrogen-bond acceptors (Lipinski definition) is 2. The zero-order valence-electron chi connectivity index (χ0n) is 11.7. The van der Waals surface area contributed by atoms with Crippen LogP contribution >= 0.6 is 0 Å². The van der Waals surface area contributed by atoms with Gasteiger partial charge < -0.3 is 10.4 Å². The van der Waals surface area contributed by atoms with E-state index in [9.17, 15) is 9.59 Å². The molecule has 102 valence electrons. The van der Waals surface area contributed by atoms with E-state index in [2.05, 4.69) is 19.2 Å². The summed E-state index contributed by atoms with van der Waals surface area (Å²) in [6, 6.07) is 3.34. The van der Waals surface area contributed by atoms with Crippen molar-refractivity contribution in [1.29, 1.82) is 0 Å². The molecule has 0 aliphatic heterocycles. The molecule has 2 rings (SSSR count). The van der Waals surface area contributed by atoms with Gasteiger partial charge in [-0.15, -0.1) is 0 Å². The van der Waals surface area contributed by atoms with E-state index in [1.807, 2.05) is 13.0 Å². The summed E-state index contributed by atoms with van der Waals surface area (Å²) >= 11 is 0. The van der Waals surface area contributed by atoms with Crippen LogP contribution in [0.15, 0.2) is 12.1 Å². The Kier molecular flexibility index (Phi) is 3.12. The second-order valence-corrected chi connectivity index (χ2v) is 6.01. The largest absolute Gasteiger partial charge is 0.478 e. The summed E-state index contributed by atoms with van der Waals surface area (Å²) in [6.45, 7) is 7.73. The highest BCUT2D eigenvalue weighted by Crippen LogP contribution is 2.52. The number of anilines is 1. The van der Waals surface area contributed by atoms with Gasteiger partial charge in [-0.1, -0.05) is 13.8 Å². The summed E-state index contributed by atoms with van der Waals surface area (Å²) in [7, 11) is 0. The van der Waals surface area contributed by atoms with Crippen LogP contribution in [0.4, 0.5) is 5.69 Å². The number of aromatic carboxylic acids is 1. The molecule has 1 aliphatic rings. The lowest BCUT2D eigenvalue weighted by Crippen LogP contribution is -2.17. The molecule has 0 bridgehead atoms. The first-order valence-electron chi connectivity index (χ1n) is 6.38. The Morgan fingerprint density at radius 1 is 1.32 bits per heavy atom. The van der Waals surface area contributed by atoms with E-state index in [0.717, 1.165) is 17.5 Å². The second kappa shape index (κ2) is 4.37. The fraction of sp³-hybridized carbons (Fsp3) is 0.467. The van der Waals surface area contributed by atoms with Crippen molar-refractivity contribution in [2.24, 2.45) is 11.3 Å². The lowest BCUT2D eigenvalue weighted by Gasteiger charge is -2.11. The summed E-state index contributed by atoms with van der Waals surface area (Å²) in [4.78, 5) is 23.2. The lowest BCUT2D eigenvalue weighted by atomic mass is 10.0. The molecule has 1 amide bonds. The molecule has 0 spiro atoms. The van der Waals surface area contributed by atoms with Gasteiger partial charge in [0.25, 0.3) is 0 Å². The number of carbonyl (C=O) groups is 2. The van der Waals surface area contributed by atoms with Crippen LogP contribution in [0.25, 0.3) is 0 Å². The van der Waals surface area contributed by atoms with Gasteiger partial charge in [-0.25, -0.2) is 4.79 Å². The van der Waals surface area contributed by atoms with Crippen molar-refractivity contribution in [3.05, 3.63) is 28.8 Å². The molecule has 0 radical (unpaired) electrons. The van der Waals surface area contributed by atoms with Crippen molar-refractivity contribution in [2.75, 3.05) is 5.32 Å². The molecule has 0 aromatic heterocycles. The summed E-state index contributed by atoms with van der Waals surface area (Å²) in [5.74, 6) is -0.963. The van der Waals surface area contributed by atoms with E-state index < -0.39 is 5.97 Å². The molecule has 19 heavy (non-hydrogen) atoms. The van der Waals surface area contributed by atoms with Gasteiger partial charge in [-0.05, 0) is 48.9 Å². The first kappa shape index (κ1) is 13.6. The maximum absolute atomic E-state index is 12.0. The van der Waals surface area contributed by atoms with Crippen LogP contribution in [0, 0.1) is 25.2 Å². The Hall–Kier alpha value is -1.84. The molecule has 1 aromatic rings. The van der Waals surface area contributed by atoms with E-state index in [4.69, 9.17) is 5.11 Å². The minimum atomic E-state index is -0.969. The van der Waals surface area contributed by atoms with Gasteiger partial charge in [0, 0.05) is 11.6 Å². The van der Waals surface area contributed by atoms with E-state index in [0.29, 0.717) is 5.69 Å². The molecule has 1 saturated carbocycles. The summed E-state index contributed by atoms with van der Waals surface area (Å²) in [6.07, 6.45) is 0.884. The molecule has 1 fully saturated rings. The number of amides is 1. The molecule has 1 aromatic carbocycles. The molecular weight excluding hydrogens is 242 g/mol. The minimum Gasteiger partial charge on any atom is -0.478 e. The Bertz CT molecular complexity index is 561. The second-order valence-electron chi connectivity index (χ2n) is 6.01. The van der Waals surface area contributed by atoms with Crippen molar-refractivity contribution in [3.8, 4) is 0 Å². The predicted octanol–water partition coefficient (Wildman–Crippen LogP) is 2.99. The smallest absolute Gasteiger partial charge is 0.336 e. The SMILES string of the molecule is Cc1cc(NC(=O)C2CC2(C)C)cc(C(=O)O)c1C. The fourth-order valence-corrected chi connectivity index (χ4v) is 2.30. The Labute approximate surface area is 112 Å². The van der Waals surface area contributed by atoms with Crippen LogP contribution in [0.1, 0.15) is 41.8 Å². The highest BCUT2D eigenvalue weighted by molar-refractivity contribution is 5.97. The number of hydrogen-bond donors (Lipinski definition) is 2. The van der Waals surface area contributed by atoms with Crippen LogP contribution in [-0.4, -0.2) is 17.0 Å². The zero-order chi connectivity index (χ0) is 14.4. The van der Waals surface area contributed by atoms with Crippen LogP contribution in [-0.2, 0) is 4.79 Å². The quantitative estimate of drug-likeness (QED) is 0.879. The van der Waals surface area contributed by atoms with Crippen LogP contribution in [0.3, 0.4) is 0 Å². The van der Waals surface area contributed by atoms with Crippen LogP contribution < -0.4 is 5.32 Å². The van der Waals surface area contributed by atoms with Gasteiger partial charge in [0.1, 0.15) is 0 Å². The number of aryl methyl sites for hydroxylation is 1. The molecule has 0 saturated heterocycles. The number of nitrogens with one attached hydrogen (secondary N) is 1. The molecule has 1 atom stereocenters. The average Bonchev–Trinajstić information content (AvgIpc) is 2.92. The molecule has 4 heteroatoms. The minimum absolute atomic E-state index is 0.0235. The maximum Gasteiger partial charge on any atom is 0.336 e. The van der Waals surface area contributed by atoms with Gasteiger partial charge in [0.2, 0.25) is 5.91 Å². The van der Waals surface area contributed by atoms with Gasteiger partial charge in [0.15, 0.2) is 0 Å². The van der Waals surface area contributed by atoms with Crippen molar-refractivity contribution < 1.29 is 14.7 Å². The Morgan fingerprint density at radius 2 is 1.89 bits per heavy atom. The normalized spacial score (nSPS) is 19.9. The van der Waals surface area contributed by atoms with E-state index in [-0.39, 0.29) is 22.8 Å². The molecule has 4 nitrogen and oxygen atoms in total. The Balaban J connectivity index is 2.22. The third kappa shape index (κ3) is 2.62. The highest BCUT2D eigenvalue weighted by atomic mass is 16.4. The van der Waals surface area contributed by atoms with E-state index in [1.54, 1.807) is 6.92 Å². The molecule has 1 unspecified atom stereocenters. The average molecular weight is 261 g/mol. The standard InChI is InChI=1S/C15H19NO3/c1-8-5-10(6-11(9(8)2)14(18)19)16-13(17)12-7-15(12,3)4/h5-6,12H,7H2,1-4H3,(H,16,17)(H,18,19). The molecule has 0 heterocycles. The first-order chi connectivity index (χ1) is 8.72. The number of carboxylic acids is 1. The van der Waals surface area contributed by atoms with E-state index in [1.165, 1.54) is 6.07 Å². The number of carbonyl (C=O) groups excluding carboxylic acids is 1. The third-order valence-corrected chi connectivity index (χ3v) is 4.00. The van der Waals surface area contributed by atoms with Crippen molar-refractivity contribution in [2.45, 2.75) is 34.1 Å². The number of rotatable bonds is 3. The topological polar surface area (TPSA) is 66.4 Å². The van der Waals surface area contributed by atoms with Gasteiger partial charge in [0.05, 0.1) is 5.56 Å².